The van der Waals surface area contributed by atoms with E-state index in [1.165, 1.54) is 0 Å². The van der Waals surface area contributed by atoms with Crippen molar-refractivity contribution in [2.24, 2.45) is 0 Å². The van der Waals surface area contributed by atoms with Gasteiger partial charge in [-0.3, -0.25) is 10.3 Å². The van der Waals surface area contributed by atoms with Crippen LogP contribution in [0.4, 0.5) is 0 Å². The van der Waals surface area contributed by atoms with E-state index in [1.807, 2.05) is 14.1 Å². The molecular weight excluding hydrogens is 120 g/mol. The van der Waals surface area contributed by atoms with Gasteiger partial charge in [0.15, 0.2) is 0 Å². The zero-order valence-electron chi connectivity index (χ0n) is 5.62. The van der Waals surface area contributed by atoms with Crippen molar-refractivity contribution in [2.45, 2.75) is 6.92 Å². The van der Waals surface area contributed by atoms with Gasteiger partial charge in [0.05, 0.1) is 14.1 Å². The van der Waals surface area contributed by atoms with Crippen molar-refractivity contribution < 1.29 is 4.99 Å². The van der Waals surface area contributed by atoms with E-state index in [0.717, 1.165) is 10.9 Å². The van der Waals surface area contributed by atoms with E-state index < -0.39 is 0 Å². The van der Waals surface area contributed by atoms with Crippen LogP contribution in [0.25, 0.3) is 0 Å². The summed E-state index contributed by atoms with van der Waals surface area (Å²) in [6.07, 6.45) is 0. The Balaban J connectivity index is 3.38. The normalized spacial score (nSPS) is 11.6. The van der Waals surface area contributed by atoms with Crippen LogP contribution in [0.1, 0.15) is 6.92 Å². The summed E-state index contributed by atoms with van der Waals surface area (Å²) in [5, 5.41) is 4.15. The first-order valence-corrected chi connectivity index (χ1v) is 3.69. The number of hydrogen-bond donors (Lipinski definition) is 2. The molecule has 0 aliphatic heterocycles. The van der Waals surface area contributed by atoms with E-state index in [0.29, 0.717) is 0 Å². The Bertz CT molecular complexity index is 80.5. The fourth-order valence-electron chi connectivity index (χ4n) is 0.414. The lowest BCUT2D eigenvalue weighted by Gasteiger charge is -1.91. The van der Waals surface area contributed by atoms with E-state index in [2.05, 4.69) is 17.2 Å². The highest BCUT2D eigenvalue weighted by atomic mass is 32.2. The van der Waals surface area contributed by atoms with Crippen molar-refractivity contribution in [3.63, 3.8) is 0 Å². The number of amidine groups is 1. The van der Waals surface area contributed by atoms with Crippen LogP contribution in [0.5, 0.6) is 0 Å². The maximum absolute atomic E-state index is 3.02. The van der Waals surface area contributed by atoms with E-state index in [1.54, 1.807) is 11.8 Å². The first-order valence-electron chi connectivity index (χ1n) is 2.70. The Kier molecular flexibility index (Phi) is 4.85. The van der Waals surface area contributed by atoms with Crippen molar-refractivity contribution in [1.82, 2.24) is 5.32 Å². The molecule has 0 amide bonds. The van der Waals surface area contributed by atoms with Crippen LogP contribution in [0.3, 0.4) is 0 Å². The topological polar surface area (TPSA) is 26.0 Å². The molecule has 0 heterocycles. The molecule has 0 atom stereocenters. The second-order valence-corrected chi connectivity index (χ2v) is 2.54. The fourth-order valence-corrected chi connectivity index (χ4v) is 0.991. The van der Waals surface area contributed by atoms with Crippen LogP contribution in [0, 0.1) is 0 Å². The molecule has 2 nitrogen and oxygen atoms in total. The Labute approximate surface area is 54.8 Å². The number of nitrogens with one attached hydrogen (secondary N) is 2. The summed E-state index contributed by atoms with van der Waals surface area (Å²) < 4.78 is 0. The summed E-state index contributed by atoms with van der Waals surface area (Å²) in [6.45, 7) is 2.12. The standard InChI is InChI=1S/C5H12N2S/c1-4-8-5(6-2)7-3/h4H2,1-3H3,(H,6,7)/p+1. The molecule has 0 aliphatic carbocycles. The summed E-state index contributed by atoms with van der Waals surface area (Å²) in [5.74, 6) is 1.11. The molecule has 0 aromatic carbocycles. The van der Waals surface area contributed by atoms with Gasteiger partial charge in [-0.25, -0.2) is 0 Å². The van der Waals surface area contributed by atoms with Crippen molar-refractivity contribution in [3.05, 3.63) is 0 Å². The minimum absolute atomic E-state index is 1.11. The minimum atomic E-state index is 1.11. The minimum Gasteiger partial charge on any atom is -0.272 e. The SMILES string of the molecule is CCSC(NC)=[NH+]C. The largest absolute Gasteiger partial charge is 0.303 e. The second-order valence-electron chi connectivity index (χ2n) is 1.26. The quantitative estimate of drug-likeness (QED) is 0.355. The number of thioether (sulfide) groups is 1. The van der Waals surface area contributed by atoms with E-state index >= 15 is 0 Å². The van der Waals surface area contributed by atoms with Crippen LogP contribution in [-0.2, 0) is 0 Å². The monoisotopic (exact) mass is 133 g/mol. The third-order valence-electron chi connectivity index (χ3n) is 0.743. The summed E-state index contributed by atoms with van der Waals surface area (Å²) in [7, 11) is 3.82. The highest BCUT2D eigenvalue weighted by Crippen LogP contribution is 1.92. The molecule has 0 saturated carbocycles. The molecule has 3 heteroatoms. The average molecular weight is 133 g/mol. The molecule has 0 aromatic heterocycles. The third kappa shape index (κ3) is 2.91. The zero-order valence-corrected chi connectivity index (χ0v) is 6.43. The van der Waals surface area contributed by atoms with Gasteiger partial charge in [-0.15, -0.1) is 0 Å². The first kappa shape index (κ1) is 7.82. The van der Waals surface area contributed by atoms with E-state index in [9.17, 15) is 0 Å². The predicted octanol–water partition coefficient (Wildman–Crippen LogP) is -0.975. The van der Waals surface area contributed by atoms with Gasteiger partial charge in [-0.1, -0.05) is 6.92 Å². The van der Waals surface area contributed by atoms with Crippen LogP contribution >= 0.6 is 11.8 Å². The maximum Gasteiger partial charge on any atom is 0.303 e. The molecule has 2 N–H and O–H groups in total. The van der Waals surface area contributed by atoms with Crippen molar-refractivity contribution in [2.75, 3.05) is 19.8 Å². The van der Waals surface area contributed by atoms with Gasteiger partial charge in [0.1, 0.15) is 0 Å². The van der Waals surface area contributed by atoms with Crippen molar-refractivity contribution in [3.8, 4) is 0 Å². The predicted molar refractivity (Wildman–Crippen MR) is 39.1 cm³/mol. The number of hydrogen-bond acceptors (Lipinski definition) is 1. The van der Waals surface area contributed by atoms with Gasteiger partial charge >= 0.3 is 5.17 Å². The van der Waals surface area contributed by atoms with Crippen LogP contribution in [-0.4, -0.2) is 25.0 Å². The summed E-state index contributed by atoms with van der Waals surface area (Å²) in [4.78, 5) is 3.02. The Morgan fingerprint density at radius 1 is 1.75 bits per heavy atom. The molecule has 0 saturated heterocycles. The molecule has 8 heavy (non-hydrogen) atoms. The molecular formula is C5H13N2S+. The highest BCUT2D eigenvalue weighted by molar-refractivity contribution is 8.13. The average Bonchev–Trinajstić information content (AvgIpc) is 1.83. The fraction of sp³-hybridized carbons (Fsp3) is 0.800. The smallest absolute Gasteiger partial charge is 0.272 e. The van der Waals surface area contributed by atoms with Crippen LogP contribution in [0.2, 0.25) is 0 Å². The van der Waals surface area contributed by atoms with Crippen LogP contribution in [0.15, 0.2) is 0 Å². The van der Waals surface area contributed by atoms with Gasteiger partial charge in [0, 0.05) is 5.75 Å². The molecule has 0 unspecified atom stereocenters. The zero-order chi connectivity index (χ0) is 6.41. The van der Waals surface area contributed by atoms with E-state index in [-0.39, 0.29) is 0 Å². The van der Waals surface area contributed by atoms with Crippen molar-refractivity contribution >= 4 is 16.9 Å². The molecule has 0 aromatic rings. The van der Waals surface area contributed by atoms with Gasteiger partial charge in [-0.05, 0) is 11.8 Å². The summed E-state index contributed by atoms with van der Waals surface area (Å²) >= 11 is 1.77. The van der Waals surface area contributed by atoms with Crippen LogP contribution < -0.4 is 10.3 Å². The van der Waals surface area contributed by atoms with Crippen molar-refractivity contribution in [1.29, 1.82) is 0 Å². The molecule has 0 rings (SSSR count). The molecule has 0 aliphatic rings. The molecule has 0 bridgehead atoms. The first-order chi connectivity index (χ1) is 3.85. The van der Waals surface area contributed by atoms with Gasteiger partial charge in [0.25, 0.3) is 0 Å². The number of rotatable bonds is 1. The lowest BCUT2D eigenvalue weighted by molar-refractivity contribution is -0.418. The van der Waals surface area contributed by atoms with E-state index in [4.69, 9.17) is 0 Å². The lowest BCUT2D eigenvalue weighted by Crippen LogP contribution is -2.70. The van der Waals surface area contributed by atoms with Gasteiger partial charge < -0.3 is 0 Å². The van der Waals surface area contributed by atoms with Gasteiger partial charge in [-0.2, -0.15) is 0 Å². The summed E-state index contributed by atoms with van der Waals surface area (Å²) in [5.41, 5.74) is 0. The van der Waals surface area contributed by atoms with Gasteiger partial charge in [0.2, 0.25) is 0 Å². The Hall–Kier alpha value is -0.180. The maximum atomic E-state index is 3.02. The molecule has 0 radical (unpaired) electrons. The second kappa shape index (κ2) is 4.97. The molecule has 0 spiro atoms. The molecule has 0 fully saturated rings. The summed E-state index contributed by atoms with van der Waals surface area (Å²) in [6, 6.07) is 0. The highest BCUT2D eigenvalue weighted by Gasteiger charge is 1.96. The molecule has 48 valence electrons. The third-order valence-corrected chi connectivity index (χ3v) is 1.73. The lowest BCUT2D eigenvalue weighted by atomic mass is 11.0. The Morgan fingerprint density at radius 2 is 2.38 bits per heavy atom. The Morgan fingerprint density at radius 3 is 2.50 bits per heavy atom.